The summed E-state index contributed by atoms with van der Waals surface area (Å²) in [6.07, 6.45) is 5.56. The molecule has 7 heteroatoms. The zero-order valence-electron chi connectivity index (χ0n) is 19.5. The number of nitrogens with zero attached hydrogens (tertiary/aromatic N) is 2. The molecular weight excluding hydrogens is 446 g/mol. The van der Waals surface area contributed by atoms with Crippen molar-refractivity contribution in [3.63, 3.8) is 0 Å². The molecule has 0 spiro atoms. The summed E-state index contributed by atoms with van der Waals surface area (Å²) < 4.78 is 12.3. The molecule has 1 unspecified atom stereocenters. The maximum Gasteiger partial charge on any atom is 0.262 e. The van der Waals surface area contributed by atoms with E-state index in [1.54, 1.807) is 36.5 Å². The third kappa shape index (κ3) is 4.72. The maximum atomic E-state index is 13.4. The van der Waals surface area contributed by atoms with Crippen LogP contribution in [0.5, 0.6) is 11.5 Å². The fraction of sp³-hybridized carbons (Fsp3) is 0.333. The monoisotopic (exact) mass is 475 g/mol. The number of hydrogen-bond donors (Lipinski definition) is 1. The molecule has 2 heterocycles. The Morgan fingerprint density at radius 1 is 1.09 bits per heavy atom. The lowest BCUT2D eigenvalue weighted by Gasteiger charge is -2.23. The molecule has 4 aromatic rings. The molecule has 1 N–H and O–H groups in total. The van der Waals surface area contributed by atoms with Crippen LogP contribution in [0.25, 0.3) is 10.2 Å². The summed E-state index contributed by atoms with van der Waals surface area (Å²) in [4.78, 5) is 20.2. The lowest BCUT2D eigenvalue weighted by molar-refractivity contribution is 0.414. The van der Waals surface area contributed by atoms with Gasteiger partial charge in [-0.25, -0.2) is 4.98 Å². The van der Waals surface area contributed by atoms with Gasteiger partial charge >= 0.3 is 0 Å². The first-order valence-corrected chi connectivity index (χ1v) is 12.4. The Balaban J connectivity index is 1.27. The van der Waals surface area contributed by atoms with E-state index >= 15 is 0 Å². The highest BCUT2D eigenvalue weighted by Gasteiger charge is 2.25. The summed E-state index contributed by atoms with van der Waals surface area (Å²) >= 11 is 1.67. The molecule has 1 aliphatic carbocycles. The second-order valence-electron chi connectivity index (χ2n) is 8.71. The minimum Gasteiger partial charge on any atom is -0.497 e. The Labute approximate surface area is 203 Å². The van der Waals surface area contributed by atoms with Crippen LogP contribution in [-0.2, 0) is 25.8 Å². The van der Waals surface area contributed by atoms with Gasteiger partial charge in [0.05, 0.1) is 32.5 Å². The van der Waals surface area contributed by atoms with Crippen LogP contribution in [-0.4, -0.2) is 36.4 Å². The average molecular weight is 476 g/mol. The number of nitrogens with one attached hydrogen (secondary N) is 1. The molecule has 0 saturated carbocycles. The van der Waals surface area contributed by atoms with Gasteiger partial charge in [0, 0.05) is 10.9 Å². The third-order valence-electron chi connectivity index (χ3n) is 6.53. The van der Waals surface area contributed by atoms with E-state index in [2.05, 4.69) is 22.4 Å². The fourth-order valence-electron chi connectivity index (χ4n) is 4.67. The van der Waals surface area contributed by atoms with Crippen molar-refractivity contribution in [2.45, 2.75) is 38.3 Å². The van der Waals surface area contributed by atoms with Crippen LogP contribution in [0.2, 0.25) is 0 Å². The maximum absolute atomic E-state index is 13.4. The predicted molar refractivity (Wildman–Crippen MR) is 136 cm³/mol. The molecule has 5 rings (SSSR count). The van der Waals surface area contributed by atoms with Gasteiger partial charge < -0.3 is 14.8 Å². The molecule has 2 aromatic carbocycles. The molecule has 0 radical (unpaired) electrons. The van der Waals surface area contributed by atoms with E-state index in [0.717, 1.165) is 59.5 Å². The lowest BCUT2D eigenvalue weighted by atomic mass is 9.93. The molecule has 1 aliphatic rings. The number of methoxy groups -OCH3 is 2. The second-order valence-corrected chi connectivity index (χ2v) is 9.79. The SMILES string of the molecule is COc1ccc(CCNC2CCc3c(sc4ncn(Cc5cccc(OC)c5)c(=O)c34)C2)cc1. The number of fused-ring (bicyclic) bond motifs is 3. The van der Waals surface area contributed by atoms with E-state index in [1.165, 1.54) is 16.0 Å². The van der Waals surface area contributed by atoms with Crippen LogP contribution >= 0.6 is 11.3 Å². The summed E-state index contributed by atoms with van der Waals surface area (Å²) in [6.45, 7) is 1.42. The minimum atomic E-state index is 0.0521. The van der Waals surface area contributed by atoms with Crippen LogP contribution in [0.1, 0.15) is 28.0 Å². The van der Waals surface area contributed by atoms with Crippen LogP contribution in [0.15, 0.2) is 59.7 Å². The van der Waals surface area contributed by atoms with E-state index in [4.69, 9.17) is 9.47 Å². The van der Waals surface area contributed by atoms with E-state index in [0.29, 0.717) is 12.6 Å². The second kappa shape index (κ2) is 9.99. The summed E-state index contributed by atoms with van der Waals surface area (Å²) in [5.74, 6) is 1.68. The molecule has 176 valence electrons. The first-order valence-electron chi connectivity index (χ1n) is 11.6. The average Bonchev–Trinajstić information content (AvgIpc) is 3.25. The van der Waals surface area contributed by atoms with Crippen molar-refractivity contribution in [3.05, 3.63) is 86.8 Å². The molecule has 0 amide bonds. The number of thiophene rings is 1. The predicted octanol–water partition coefficient (Wildman–Crippen LogP) is 4.21. The van der Waals surface area contributed by atoms with Gasteiger partial charge in [-0.2, -0.15) is 0 Å². The quantitative estimate of drug-likeness (QED) is 0.414. The molecule has 0 aliphatic heterocycles. The van der Waals surface area contributed by atoms with Gasteiger partial charge in [0.2, 0.25) is 0 Å². The highest BCUT2D eigenvalue weighted by atomic mass is 32.1. The molecule has 1 atom stereocenters. The van der Waals surface area contributed by atoms with E-state index < -0.39 is 0 Å². The molecule has 0 saturated heterocycles. The number of aryl methyl sites for hydroxylation is 1. The lowest BCUT2D eigenvalue weighted by Crippen LogP contribution is -2.35. The van der Waals surface area contributed by atoms with E-state index in [1.807, 2.05) is 36.4 Å². The standard InChI is InChI=1S/C27H29N3O3S/c1-32-21-9-6-18(7-10-21)12-13-28-20-8-11-23-24(15-20)34-26-25(23)27(31)30(17-29-26)16-19-4-3-5-22(14-19)33-2/h3-7,9-10,14,17,20,28H,8,11-13,15-16H2,1-2H3. The van der Waals surface area contributed by atoms with Gasteiger partial charge in [-0.1, -0.05) is 24.3 Å². The Kier molecular flexibility index (Phi) is 6.65. The largest absolute Gasteiger partial charge is 0.497 e. The van der Waals surface area contributed by atoms with Gasteiger partial charge in [-0.15, -0.1) is 11.3 Å². The topological polar surface area (TPSA) is 65.4 Å². The van der Waals surface area contributed by atoms with Crippen LogP contribution in [0.4, 0.5) is 0 Å². The number of rotatable bonds is 8. The molecular formula is C27H29N3O3S. The number of hydrogen-bond acceptors (Lipinski definition) is 6. The Bertz CT molecular complexity index is 1340. The number of benzene rings is 2. The van der Waals surface area contributed by atoms with E-state index in [9.17, 15) is 4.79 Å². The van der Waals surface area contributed by atoms with Crippen molar-refractivity contribution in [1.82, 2.24) is 14.9 Å². The van der Waals surface area contributed by atoms with Crippen LogP contribution < -0.4 is 20.3 Å². The normalized spacial score (nSPS) is 15.3. The summed E-state index contributed by atoms with van der Waals surface area (Å²) in [5.41, 5.74) is 3.57. The smallest absolute Gasteiger partial charge is 0.262 e. The van der Waals surface area contributed by atoms with Crippen LogP contribution in [0, 0.1) is 0 Å². The van der Waals surface area contributed by atoms with Gasteiger partial charge in [0.15, 0.2) is 0 Å². The fourth-order valence-corrected chi connectivity index (χ4v) is 5.93. The zero-order valence-corrected chi connectivity index (χ0v) is 20.4. The third-order valence-corrected chi connectivity index (χ3v) is 7.69. The summed E-state index contributed by atoms with van der Waals surface area (Å²) in [6, 6.07) is 16.5. The molecule has 0 fully saturated rings. The Hall–Kier alpha value is -3.16. The minimum absolute atomic E-state index is 0.0521. The van der Waals surface area contributed by atoms with Crippen molar-refractivity contribution in [2.24, 2.45) is 0 Å². The van der Waals surface area contributed by atoms with Crippen molar-refractivity contribution in [1.29, 1.82) is 0 Å². The molecule has 6 nitrogen and oxygen atoms in total. The van der Waals surface area contributed by atoms with E-state index in [-0.39, 0.29) is 5.56 Å². The summed E-state index contributed by atoms with van der Waals surface area (Å²) in [5, 5.41) is 4.52. The van der Waals surface area contributed by atoms with Crippen molar-refractivity contribution < 1.29 is 9.47 Å². The van der Waals surface area contributed by atoms with Crippen molar-refractivity contribution >= 4 is 21.6 Å². The molecule has 2 aromatic heterocycles. The highest BCUT2D eigenvalue weighted by Crippen LogP contribution is 2.33. The van der Waals surface area contributed by atoms with Gasteiger partial charge in [0.1, 0.15) is 16.3 Å². The van der Waals surface area contributed by atoms with Gasteiger partial charge in [0.25, 0.3) is 5.56 Å². The number of aromatic nitrogens is 2. The molecule has 34 heavy (non-hydrogen) atoms. The van der Waals surface area contributed by atoms with Gasteiger partial charge in [-0.05, 0) is 73.2 Å². The Morgan fingerprint density at radius 3 is 2.71 bits per heavy atom. The first kappa shape index (κ1) is 22.6. The Morgan fingerprint density at radius 2 is 1.91 bits per heavy atom. The molecule has 0 bridgehead atoms. The number of ether oxygens (including phenoxy) is 2. The summed E-state index contributed by atoms with van der Waals surface area (Å²) in [7, 11) is 3.34. The first-order chi connectivity index (χ1) is 16.6. The van der Waals surface area contributed by atoms with Gasteiger partial charge in [-0.3, -0.25) is 9.36 Å². The van der Waals surface area contributed by atoms with Crippen molar-refractivity contribution in [2.75, 3.05) is 20.8 Å². The highest BCUT2D eigenvalue weighted by molar-refractivity contribution is 7.18. The van der Waals surface area contributed by atoms with Crippen LogP contribution in [0.3, 0.4) is 0 Å². The van der Waals surface area contributed by atoms with Crippen molar-refractivity contribution in [3.8, 4) is 11.5 Å². The zero-order chi connectivity index (χ0) is 23.5.